The van der Waals surface area contributed by atoms with E-state index >= 15 is 0 Å². The van der Waals surface area contributed by atoms with E-state index in [4.69, 9.17) is 4.84 Å². The van der Waals surface area contributed by atoms with Crippen molar-refractivity contribution in [2.75, 3.05) is 30.5 Å². The highest BCUT2D eigenvalue weighted by Gasteiger charge is 2.57. The van der Waals surface area contributed by atoms with Gasteiger partial charge in [0.05, 0.1) is 0 Å². The summed E-state index contributed by atoms with van der Waals surface area (Å²) in [6, 6.07) is -0.842. The summed E-state index contributed by atoms with van der Waals surface area (Å²) in [6.07, 6.45) is 0.461. The SMILES string of the molecule is CON=C(C(=O)NC1C(=O)N2CC(CSc3nc(C)ns3)(C(=O)O)CS[C@H]12)c1csc(NC=O)n1. The number of fused-ring (bicyclic) bond motifs is 1. The third-order valence-electron chi connectivity index (χ3n) is 5.19. The Morgan fingerprint density at radius 2 is 2.26 bits per heavy atom. The van der Waals surface area contributed by atoms with Crippen LogP contribution in [-0.2, 0) is 24.0 Å². The normalized spacial score (nSPS) is 23.8. The molecule has 2 saturated heterocycles. The van der Waals surface area contributed by atoms with E-state index < -0.39 is 28.7 Å². The van der Waals surface area contributed by atoms with Crippen molar-refractivity contribution >= 4 is 81.4 Å². The highest BCUT2D eigenvalue weighted by Crippen LogP contribution is 2.44. The highest BCUT2D eigenvalue weighted by atomic mass is 32.2. The van der Waals surface area contributed by atoms with E-state index in [0.29, 0.717) is 16.6 Å². The van der Waals surface area contributed by atoms with Gasteiger partial charge in [-0.2, -0.15) is 4.37 Å². The van der Waals surface area contributed by atoms with Gasteiger partial charge in [0.15, 0.2) is 15.2 Å². The Morgan fingerprint density at radius 3 is 2.91 bits per heavy atom. The van der Waals surface area contributed by atoms with Crippen LogP contribution in [-0.4, -0.2) is 90.8 Å². The maximum absolute atomic E-state index is 12.9. The van der Waals surface area contributed by atoms with Crippen molar-refractivity contribution in [1.29, 1.82) is 0 Å². The topological polar surface area (TPSA) is 176 Å². The van der Waals surface area contributed by atoms with Crippen LogP contribution in [0.5, 0.6) is 0 Å². The Morgan fingerprint density at radius 1 is 1.46 bits per heavy atom. The molecule has 4 rings (SSSR count). The second kappa shape index (κ2) is 10.5. The van der Waals surface area contributed by atoms with Crippen LogP contribution in [0.1, 0.15) is 11.5 Å². The molecule has 2 aromatic heterocycles. The number of anilines is 1. The van der Waals surface area contributed by atoms with Gasteiger partial charge in [0.25, 0.3) is 5.91 Å². The summed E-state index contributed by atoms with van der Waals surface area (Å²) in [5.74, 6) is -0.915. The number of carbonyl (C=O) groups is 4. The van der Waals surface area contributed by atoms with Crippen molar-refractivity contribution in [3.8, 4) is 0 Å². The van der Waals surface area contributed by atoms with E-state index in [-0.39, 0.29) is 40.5 Å². The first kappa shape index (κ1) is 25.3. The van der Waals surface area contributed by atoms with Gasteiger partial charge < -0.3 is 25.5 Å². The number of thioether (sulfide) groups is 2. The summed E-state index contributed by atoms with van der Waals surface area (Å²) in [5, 5.41) is 20.1. The molecule has 3 atom stereocenters. The number of aromatic nitrogens is 3. The van der Waals surface area contributed by atoms with Crippen LogP contribution in [0.4, 0.5) is 5.13 Å². The number of carboxylic acids is 1. The zero-order valence-corrected chi connectivity index (χ0v) is 21.6. The van der Waals surface area contributed by atoms with Gasteiger partial charge >= 0.3 is 5.97 Å². The van der Waals surface area contributed by atoms with E-state index in [9.17, 15) is 24.3 Å². The minimum atomic E-state index is -1.15. The molecule has 3 amide bonds. The molecule has 2 aliphatic rings. The Balaban J connectivity index is 1.42. The highest BCUT2D eigenvalue weighted by molar-refractivity contribution is 8.01. The summed E-state index contributed by atoms with van der Waals surface area (Å²) in [7, 11) is 1.27. The van der Waals surface area contributed by atoms with Crippen LogP contribution in [0.2, 0.25) is 0 Å². The number of hydrogen-bond acceptors (Lipinski definition) is 13. The minimum absolute atomic E-state index is 0.0296. The van der Waals surface area contributed by atoms with Gasteiger partial charge in [0, 0.05) is 23.4 Å². The fourth-order valence-corrected chi connectivity index (χ4v) is 7.61. The monoisotopic (exact) mass is 557 g/mol. The Hall–Kier alpha value is -2.76. The molecule has 0 aromatic carbocycles. The van der Waals surface area contributed by atoms with Crippen molar-refractivity contribution in [1.82, 2.24) is 24.6 Å². The molecule has 17 heteroatoms. The number of thiazole rings is 1. The maximum atomic E-state index is 12.9. The number of amides is 3. The van der Waals surface area contributed by atoms with Crippen LogP contribution < -0.4 is 10.6 Å². The molecule has 0 aliphatic carbocycles. The van der Waals surface area contributed by atoms with Gasteiger partial charge in [0.2, 0.25) is 12.3 Å². The number of oxime groups is 1. The number of β-lactam (4-membered cyclic amide) rings is 1. The first-order chi connectivity index (χ1) is 16.8. The lowest BCUT2D eigenvalue weighted by Crippen LogP contribution is -2.74. The predicted octanol–water partition coefficient (Wildman–Crippen LogP) is 0.485. The number of carbonyl (C=O) groups excluding carboxylic acids is 3. The summed E-state index contributed by atoms with van der Waals surface area (Å²) in [4.78, 5) is 63.1. The quantitative estimate of drug-likeness (QED) is 0.122. The largest absolute Gasteiger partial charge is 0.481 e. The number of aliphatic carboxylic acids is 1. The zero-order valence-electron chi connectivity index (χ0n) is 18.3. The standard InChI is InChI=1S/C18H19N7O6S4/c1-8-20-17(35-24-8)34-6-18(15(29)30)4-25-13(28)11(14(25)33-5-18)22-12(27)10(23-31-2)9-3-32-16(21-9)19-7-26/h3,7,11,14H,4-6H2,1-2H3,(H,22,27)(H,29,30)(H,19,21,26)/t11?,14-,18?/m1/s1. The molecule has 2 aliphatic heterocycles. The second-order valence-electron chi connectivity index (χ2n) is 7.52. The number of aryl methyl sites for hydroxylation is 1. The third-order valence-corrected chi connectivity index (χ3v) is 9.77. The molecule has 186 valence electrons. The maximum Gasteiger partial charge on any atom is 0.313 e. The molecule has 0 spiro atoms. The van der Waals surface area contributed by atoms with Gasteiger partial charge in [-0.3, -0.25) is 19.2 Å². The average Bonchev–Trinajstić information content (AvgIpc) is 3.48. The molecule has 35 heavy (non-hydrogen) atoms. The zero-order chi connectivity index (χ0) is 25.2. The molecular formula is C18H19N7O6S4. The van der Waals surface area contributed by atoms with E-state index in [1.54, 1.807) is 6.92 Å². The van der Waals surface area contributed by atoms with Gasteiger partial charge in [0.1, 0.15) is 35.5 Å². The number of carboxylic acid groups (broad SMARTS) is 1. The van der Waals surface area contributed by atoms with E-state index in [1.807, 2.05) is 0 Å². The van der Waals surface area contributed by atoms with Crippen LogP contribution >= 0.6 is 46.4 Å². The van der Waals surface area contributed by atoms with Crippen molar-refractivity contribution < 1.29 is 29.1 Å². The number of nitrogens with zero attached hydrogens (tertiary/aromatic N) is 5. The lowest BCUT2D eigenvalue weighted by Gasteiger charge is -2.53. The molecule has 0 bridgehead atoms. The smallest absolute Gasteiger partial charge is 0.313 e. The summed E-state index contributed by atoms with van der Waals surface area (Å²) < 4.78 is 4.78. The predicted molar refractivity (Wildman–Crippen MR) is 131 cm³/mol. The Kier molecular flexibility index (Phi) is 7.58. The number of nitrogens with one attached hydrogen (secondary N) is 2. The van der Waals surface area contributed by atoms with E-state index in [0.717, 1.165) is 11.3 Å². The van der Waals surface area contributed by atoms with Crippen LogP contribution in [0, 0.1) is 12.3 Å². The summed E-state index contributed by atoms with van der Waals surface area (Å²) >= 11 is 4.92. The van der Waals surface area contributed by atoms with Crippen molar-refractivity contribution in [2.45, 2.75) is 22.7 Å². The van der Waals surface area contributed by atoms with Crippen molar-refractivity contribution in [3.63, 3.8) is 0 Å². The van der Waals surface area contributed by atoms with Gasteiger partial charge in [-0.15, -0.1) is 23.1 Å². The molecule has 0 radical (unpaired) electrons. The molecule has 0 saturated carbocycles. The summed E-state index contributed by atoms with van der Waals surface area (Å²) in [6.45, 7) is 1.79. The molecule has 2 fully saturated rings. The third kappa shape index (κ3) is 5.12. The molecule has 3 N–H and O–H groups in total. The second-order valence-corrected chi connectivity index (χ2v) is 11.5. The molecule has 2 aromatic rings. The van der Waals surface area contributed by atoms with Gasteiger partial charge in [-0.25, -0.2) is 9.97 Å². The first-order valence-electron chi connectivity index (χ1n) is 9.94. The van der Waals surface area contributed by atoms with Gasteiger partial charge in [-0.05, 0) is 18.5 Å². The molecular weight excluding hydrogens is 539 g/mol. The summed E-state index contributed by atoms with van der Waals surface area (Å²) in [5.41, 5.74) is -1.13. The lowest BCUT2D eigenvalue weighted by atomic mass is 9.89. The fourth-order valence-electron chi connectivity index (χ4n) is 3.45. The average molecular weight is 558 g/mol. The number of hydrogen-bond donors (Lipinski definition) is 3. The van der Waals surface area contributed by atoms with Crippen molar-refractivity contribution in [3.05, 3.63) is 16.9 Å². The molecule has 4 heterocycles. The first-order valence-corrected chi connectivity index (χ1v) is 13.6. The lowest BCUT2D eigenvalue weighted by molar-refractivity contribution is -0.157. The van der Waals surface area contributed by atoms with Crippen LogP contribution in [0.15, 0.2) is 14.9 Å². The molecule has 2 unspecified atom stereocenters. The van der Waals surface area contributed by atoms with Crippen molar-refractivity contribution in [2.24, 2.45) is 10.6 Å². The van der Waals surface area contributed by atoms with Crippen LogP contribution in [0.3, 0.4) is 0 Å². The number of rotatable bonds is 10. The Labute approximate surface area is 215 Å². The van der Waals surface area contributed by atoms with Crippen LogP contribution in [0.25, 0.3) is 0 Å². The molecule has 13 nitrogen and oxygen atoms in total. The minimum Gasteiger partial charge on any atom is -0.481 e. The van der Waals surface area contributed by atoms with Gasteiger partial charge in [-0.1, -0.05) is 16.9 Å². The fraction of sp³-hybridized carbons (Fsp3) is 0.444. The Bertz CT molecular complexity index is 1190. The van der Waals surface area contributed by atoms with E-state index in [2.05, 4.69) is 30.1 Å². The van der Waals surface area contributed by atoms with E-state index in [1.165, 1.54) is 52.4 Å².